The molecular formula is C94H70BrFN4O20S2. The molecular weight excluding hydrogens is 1670 g/mol. The molecule has 122 heavy (non-hydrogen) atoms. The summed E-state index contributed by atoms with van der Waals surface area (Å²) in [6, 6.07) is 70.1. The maximum Gasteiger partial charge on any atom is 0.354 e. The number of aromatic nitrogens is 4. The molecule has 4 N–H and O–H groups in total. The van der Waals surface area contributed by atoms with Gasteiger partial charge in [0.25, 0.3) is 22.2 Å². The summed E-state index contributed by atoms with van der Waals surface area (Å²) >= 11 is 5.08. The summed E-state index contributed by atoms with van der Waals surface area (Å²) in [5.74, 6) is 0.862. The van der Waals surface area contributed by atoms with Crippen LogP contribution in [0, 0.1) is 19.7 Å². The van der Waals surface area contributed by atoms with Gasteiger partial charge in [0.1, 0.15) is 70.4 Å². The third-order valence-electron chi connectivity index (χ3n) is 20.1. The number of nitrogens with zero attached hydrogens (tertiary/aromatic N) is 4. The fourth-order valence-electron chi connectivity index (χ4n) is 14.3. The van der Waals surface area contributed by atoms with E-state index in [4.69, 9.17) is 36.6 Å². The number of para-hydroxylation sites is 4. The number of pyridine rings is 4. The zero-order chi connectivity index (χ0) is 85.9. The van der Waals surface area contributed by atoms with Gasteiger partial charge in [0.2, 0.25) is 0 Å². The molecule has 28 heteroatoms. The van der Waals surface area contributed by atoms with Crippen LogP contribution in [-0.2, 0) is 26.2 Å². The van der Waals surface area contributed by atoms with E-state index in [1.54, 1.807) is 170 Å². The number of aryl methyl sites for hydroxylation is 2. The zero-order valence-corrected chi connectivity index (χ0v) is 68.8. The molecule has 0 aliphatic rings. The van der Waals surface area contributed by atoms with Gasteiger partial charge in [-0.2, -0.15) is 0 Å². The number of benzene rings is 10. The van der Waals surface area contributed by atoms with Gasteiger partial charge in [0, 0.05) is 31.3 Å². The molecule has 24 nitrogen and oxygen atoms in total. The summed E-state index contributed by atoms with van der Waals surface area (Å²) in [6.07, 6.45) is 0. The Morgan fingerprint density at radius 1 is 0.344 bits per heavy atom. The highest BCUT2D eigenvalue weighted by atomic mass is 79.9. The summed E-state index contributed by atoms with van der Waals surface area (Å²) in [5, 5.41) is 45.0. The highest BCUT2D eigenvalue weighted by Gasteiger charge is 2.27. The van der Waals surface area contributed by atoms with Crippen LogP contribution in [0.2, 0.25) is 0 Å². The Labute approximate surface area is 705 Å². The first-order valence-corrected chi connectivity index (χ1v) is 39.9. The van der Waals surface area contributed by atoms with Crippen LogP contribution in [0.5, 0.6) is 46.0 Å². The Kier molecular flexibility index (Phi) is 23.8. The Bertz CT molecular complexity index is 7660. The SMILES string of the molecule is COc1ccc(Cn2c(=O)c3c(O)c(Br)c(=O)oc3c3ccccc32)cc1.COc1ccc(Cn2c(=O)c3c(O)c(Sc4ccc(OC)cc4)c(=O)oc3c3ccccc32)cc1.COc1ccc(Cn2c(=O)c3c(O)cc(=O)oc3c3ccccc32)cc1.Cc1cc(C)cc(Sc2c(O)c3c(=O)n(Cc4ccc(F)cc4)c4ccccc4c3oc2=O)c1. The van der Waals surface area contributed by atoms with Gasteiger partial charge in [-0.25, -0.2) is 23.6 Å². The van der Waals surface area contributed by atoms with Gasteiger partial charge in [-0.15, -0.1) is 0 Å². The molecule has 10 aromatic carbocycles. The minimum atomic E-state index is -0.738. The number of aromatic hydroxyl groups is 4. The van der Waals surface area contributed by atoms with E-state index in [-0.39, 0.29) is 89.3 Å². The van der Waals surface area contributed by atoms with Crippen LogP contribution in [0.3, 0.4) is 0 Å². The second-order valence-electron chi connectivity index (χ2n) is 28.0. The number of methoxy groups -OCH3 is 4. The Balaban J connectivity index is 0.000000127. The molecule has 0 unspecified atom stereocenters. The maximum atomic E-state index is 13.7. The third kappa shape index (κ3) is 16.6. The number of hydrogen-bond donors (Lipinski definition) is 4. The van der Waals surface area contributed by atoms with Gasteiger partial charge in [-0.1, -0.05) is 127 Å². The van der Waals surface area contributed by atoms with Crippen LogP contribution in [0.25, 0.3) is 87.5 Å². The predicted molar refractivity (Wildman–Crippen MR) is 470 cm³/mol. The lowest BCUT2D eigenvalue weighted by Crippen LogP contribution is -2.22. The Morgan fingerprint density at radius 2 is 0.639 bits per heavy atom. The van der Waals surface area contributed by atoms with Crippen molar-refractivity contribution in [3.63, 3.8) is 0 Å². The van der Waals surface area contributed by atoms with Crippen LogP contribution in [0.1, 0.15) is 33.4 Å². The fourth-order valence-corrected chi connectivity index (χ4v) is 16.5. The predicted octanol–water partition coefficient (Wildman–Crippen LogP) is 17.3. The van der Waals surface area contributed by atoms with E-state index in [2.05, 4.69) is 15.9 Å². The normalized spacial score (nSPS) is 11.2. The third-order valence-corrected chi connectivity index (χ3v) is 23.0. The van der Waals surface area contributed by atoms with Crippen molar-refractivity contribution in [1.29, 1.82) is 0 Å². The van der Waals surface area contributed by atoms with Crippen molar-refractivity contribution in [2.75, 3.05) is 28.4 Å². The van der Waals surface area contributed by atoms with Crippen molar-refractivity contribution in [3.05, 3.63) is 369 Å². The molecule has 0 amide bonds. The summed E-state index contributed by atoms with van der Waals surface area (Å²) in [5.41, 5.74) is 3.38. The van der Waals surface area contributed by atoms with Crippen molar-refractivity contribution in [2.45, 2.75) is 59.6 Å². The molecule has 0 saturated heterocycles. The number of hydrogen-bond acceptors (Lipinski definition) is 22. The average Bonchev–Trinajstić information content (AvgIpc) is 0.751. The lowest BCUT2D eigenvalue weighted by Gasteiger charge is -2.14. The van der Waals surface area contributed by atoms with Crippen LogP contribution in [0.15, 0.2) is 323 Å². The van der Waals surface area contributed by atoms with Gasteiger partial charge < -0.3 is 75.3 Å². The zero-order valence-electron chi connectivity index (χ0n) is 65.6. The smallest absolute Gasteiger partial charge is 0.354 e. The standard InChI is InChI=1S/C27H20FNO4S.C27H21NO6S.C20H14BrNO5.C20H15NO5/c1-15-11-16(2)13-19(12-15)34-25-23(30)22-24(33-27(25)32)20-5-3-4-6-21(20)29(26(22)31)14-17-7-9-18(28)10-8-17;1-32-17-9-7-16(8-10-17)15-28-21-6-4-3-5-20(21)24-22(26(28)30)23(29)25(27(31)34-24)35-19-13-11-18(33-2)12-14-19;1-26-12-8-6-11(7-9-12)10-22-14-5-3-2-4-13(14)18-15(19(22)24)17(23)16(21)20(25)27-18;1-25-13-8-6-12(7-9-13)11-21-15-5-3-2-4-14(15)19-18(20(21)24)16(22)10-17(23)26-19/h3-13,30H,14H2,1-2H3;3-14,29H,15H2,1-2H3;2-9,23H,10H2,1H3;2-10,22H,11H2,1H3. The monoisotopic (exact) mass is 1740 g/mol. The van der Waals surface area contributed by atoms with E-state index in [1.807, 2.05) is 111 Å². The molecule has 18 aromatic rings. The first-order chi connectivity index (χ1) is 58.9. The Morgan fingerprint density at radius 3 is 0.992 bits per heavy atom. The molecule has 0 bridgehead atoms. The molecule has 0 fully saturated rings. The fraction of sp³-hybridized carbons (Fsp3) is 0.106. The number of halogens is 2. The lowest BCUT2D eigenvalue weighted by atomic mass is 10.1. The topological polar surface area (TPSA) is 327 Å². The second-order valence-corrected chi connectivity index (χ2v) is 30.9. The number of rotatable bonds is 16. The molecule has 0 aliphatic carbocycles. The van der Waals surface area contributed by atoms with Gasteiger partial charge in [0.15, 0.2) is 39.6 Å². The van der Waals surface area contributed by atoms with Crippen molar-refractivity contribution in [1.82, 2.24) is 18.3 Å². The molecule has 0 saturated carbocycles. The molecule has 0 radical (unpaired) electrons. The quantitative estimate of drug-likeness (QED) is 0.0653. The van der Waals surface area contributed by atoms with E-state index in [0.717, 1.165) is 79.4 Å². The average molecular weight is 1740 g/mol. The van der Waals surface area contributed by atoms with Crippen molar-refractivity contribution < 1.29 is 61.4 Å². The van der Waals surface area contributed by atoms with Crippen LogP contribution in [0.4, 0.5) is 4.39 Å². The molecule has 18 rings (SSSR count). The number of fused-ring (bicyclic) bond motifs is 12. The molecule has 612 valence electrons. The van der Waals surface area contributed by atoms with Crippen LogP contribution in [-0.4, -0.2) is 67.1 Å². The summed E-state index contributed by atoms with van der Waals surface area (Å²) in [4.78, 5) is 104. The number of ether oxygens (including phenoxy) is 4. The first-order valence-electron chi connectivity index (χ1n) is 37.5. The van der Waals surface area contributed by atoms with E-state index in [1.165, 1.54) is 16.7 Å². The Hall–Kier alpha value is -14.6. The molecule has 0 aliphatic heterocycles. The highest BCUT2D eigenvalue weighted by molar-refractivity contribution is 9.10. The summed E-state index contributed by atoms with van der Waals surface area (Å²) in [7, 11) is 6.33. The maximum absolute atomic E-state index is 13.7. The van der Waals surface area contributed by atoms with Gasteiger partial charge >= 0.3 is 22.5 Å². The largest absolute Gasteiger partial charge is 0.507 e. The summed E-state index contributed by atoms with van der Waals surface area (Å²) < 4.78 is 61.9. The minimum Gasteiger partial charge on any atom is -0.507 e. The highest BCUT2D eigenvalue weighted by Crippen LogP contribution is 2.41. The van der Waals surface area contributed by atoms with Crippen molar-refractivity contribution >= 4 is 127 Å². The van der Waals surface area contributed by atoms with Crippen LogP contribution >= 0.6 is 39.5 Å². The van der Waals surface area contributed by atoms with Gasteiger partial charge in [0.05, 0.1) is 82.8 Å². The van der Waals surface area contributed by atoms with Crippen LogP contribution < -0.4 is 63.7 Å². The molecule has 8 aromatic heterocycles. The molecule has 0 atom stereocenters. The molecule has 8 heterocycles. The van der Waals surface area contributed by atoms with E-state index in [9.17, 15) is 63.2 Å². The van der Waals surface area contributed by atoms with Gasteiger partial charge in [-0.05, 0) is 197 Å². The van der Waals surface area contributed by atoms with E-state index in [0.29, 0.717) is 66.6 Å². The first kappa shape index (κ1) is 82.5. The minimum absolute atomic E-state index is 0.00295. The second kappa shape index (κ2) is 35.1. The van der Waals surface area contributed by atoms with Gasteiger partial charge in [-0.3, -0.25) is 19.2 Å². The van der Waals surface area contributed by atoms with Crippen molar-refractivity contribution in [2.24, 2.45) is 0 Å². The van der Waals surface area contributed by atoms with E-state index >= 15 is 0 Å². The molecule has 0 spiro atoms. The summed E-state index contributed by atoms with van der Waals surface area (Å²) in [6.45, 7) is 4.90. The van der Waals surface area contributed by atoms with Crippen molar-refractivity contribution in [3.8, 4) is 46.0 Å². The van der Waals surface area contributed by atoms with E-state index < -0.39 is 62.0 Å². The lowest BCUT2D eigenvalue weighted by molar-refractivity contribution is 0.414.